The van der Waals surface area contributed by atoms with Gasteiger partial charge in [-0.25, -0.2) is 9.78 Å². The zero-order valence-corrected chi connectivity index (χ0v) is 23.1. The zero-order chi connectivity index (χ0) is 27.7. The van der Waals surface area contributed by atoms with E-state index in [1.54, 1.807) is 23.8 Å². The molecule has 3 amide bonds. The van der Waals surface area contributed by atoms with Crippen molar-refractivity contribution in [1.82, 2.24) is 39.2 Å². The number of anilines is 2. The van der Waals surface area contributed by atoms with Crippen molar-refractivity contribution >= 4 is 23.8 Å². The molecule has 2 aliphatic heterocycles. The first kappa shape index (κ1) is 27.2. The van der Waals surface area contributed by atoms with Gasteiger partial charge < -0.3 is 19.7 Å². The monoisotopic (exact) mass is 522 g/mol. The fraction of sp³-hybridized carbons (Fsp3) is 0.538. The lowest BCUT2D eigenvalue weighted by Gasteiger charge is -2.44. The normalized spacial score (nSPS) is 23.1. The highest BCUT2D eigenvalue weighted by molar-refractivity contribution is 5.94. The molecule has 0 saturated carbocycles. The summed E-state index contributed by atoms with van der Waals surface area (Å²) in [5, 5.41) is 3.31. The number of carbonyl (C=O) groups is 2. The Kier molecular flexibility index (Phi) is 7.81. The van der Waals surface area contributed by atoms with Crippen molar-refractivity contribution in [2.75, 3.05) is 36.9 Å². The molecule has 2 unspecified atom stereocenters. The van der Waals surface area contributed by atoms with E-state index in [-0.39, 0.29) is 36.1 Å². The first-order valence-corrected chi connectivity index (χ1v) is 12.9. The predicted octanol–water partition coefficient (Wildman–Crippen LogP) is 2.43. The number of imidazole rings is 1. The highest BCUT2D eigenvalue weighted by atomic mass is 16.2. The second kappa shape index (κ2) is 10.9. The average molecular weight is 523 g/mol. The third-order valence-electron chi connectivity index (χ3n) is 7.04. The topological polar surface area (TPSA) is 116 Å². The smallest absolute Gasteiger partial charge is 0.327 e. The Balaban J connectivity index is 1.43. The van der Waals surface area contributed by atoms with Crippen LogP contribution in [0.5, 0.6) is 0 Å². The molecule has 204 valence electrons. The van der Waals surface area contributed by atoms with Crippen LogP contribution in [0, 0.1) is 6.92 Å². The first-order valence-electron chi connectivity index (χ1n) is 12.9. The largest absolute Gasteiger partial charge is 0.346 e. The molecule has 2 saturated heterocycles. The van der Waals surface area contributed by atoms with Gasteiger partial charge in [0.05, 0.1) is 30.8 Å². The highest BCUT2D eigenvalue weighted by Crippen LogP contribution is 2.26. The molecule has 0 aromatic carbocycles. The summed E-state index contributed by atoms with van der Waals surface area (Å²) in [6, 6.07) is -0.349. The van der Waals surface area contributed by atoms with E-state index in [1.807, 2.05) is 35.8 Å². The number of urea groups is 1. The molecule has 12 heteroatoms. The van der Waals surface area contributed by atoms with Crippen LogP contribution in [0.2, 0.25) is 0 Å². The number of hydrogen-bond acceptors (Lipinski definition) is 8. The van der Waals surface area contributed by atoms with Gasteiger partial charge in [-0.2, -0.15) is 15.0 Å². The minimum Gasteiger partial charge on any atom is -0.346 e. The number of aryl methyl sites for hydroxylation is 1. The van der Waals surface area contributed by atoms with Gasteiger partial charge in [-0.1, -0.05) is 18.7 Å². The van der Waals surface area contributed by atoms with Crippen molar-refractivity contribution in [3.8, 4) is 0 Å². The van der Waals surface area contributed by atoms with Crippen LogP contribution in [0.4, 0.5) is 16.7 Å². The summed E-state index contributed by atoms with van der Waals surface area (Å²) in [5.41, 5.74) is 1.70. The summed E-state index contributed by atoms with van der Waals surface area (Å²) in [4.78, 5) is 50.5. The minimum atomic E-state index is -0.197. The zero-order valence-electron chi connectivity index (χ0n) is 23.1. The number of nitrogens with one attached hydrogen (secondary N) is 1. The molecule has 0 spiro atoms. The molecule has 0 radical (unpaired) electrons. The highest BCUT2D eigenvalue weighted by Gasteiger charge is 2.39. The number of aromatic nitrogens is 5. The molecule has 4 rings (SSSR count). The Bertz CT molecular complexity index is 1210. The van der Waals surface area contributed by atoms with Gasteiger partial charge in [0, 0.05) is 45.0 Å². The minimum absolute atomic E-state index is 0.0255. The van der Waals surface area contributed by atoms with Gasteiger partial charge >= 0.3 is 6.03 Å². The van der Waals surface area contributed by atoms with E-state index < -0.39 is 0 Å². The lowest BCUT2D eigenvalue weighted by atomic mass is 10.1. The number of amides is 3. The van der Waals surface area contributed by atoms with E-state index in [9.17, 15) is 9.59 Å². The first-order chi connectivity index (χ1) is 18.0. The van der Waals surface area contributed by atoms with E-state index >= 15 is 0 Å². The Morgan fingerprint density at radius 1 is 1.21 bits per heavy atom. The lowest BCUT2D eigenvalue weighted by Crippen LogP contribution is -2.58. The summed E-state index contributed by atoms with van der Waals surface area (Å²) < 4.78 is 2.04. The fourth-order valence-electron chi connectivity index (χ4n) is 5.24. The number of nitrogens with zero attached hydrogens (tertiary/aromatic N) is 9. The van der Waals surface area contributed by atoms with Crippen LogP contribution in [0.1, 0.15) is 45.3 Å². The van der Waals surface area contributed by atoms with Crippen molar-refractivity contribution in [2.24, 2.45) is 0 Å². The maximum Gasteiger partial charge on any atom is 0.327 e. The summed E-state index contributed by atoms with van der Waals surface area (Å²) >= 11 is 0. The molecule has 4 atom stereocenters. The molecular weight excluding hydrogens is 484 g/mol. The van der Waals surface area contributed by atoms with Crippen LogP contribution in [0.15, 0.2) is 37.3 Å². The molecule has 0 aliphatic carbocycles. The molecule has 1 N–H and O–H groups in total. The molecule has 38 heavy (non-hydrogen) atoms. The number of carbonyl (C=O) groups excluding carboxylic acids is 2. The number of piperazine rings is 1. The van der Waals surface area contributed by atoms with Crippen LogP contribution in [-0.2, 0) is 11.5 Å². The van der Waals surface area contributed by atoms with Gasteiger partial charge in [0.25, 0.3) is 0 Å². The van der Waals surface area contributed by atoms with Crippen LogP contribution in [-0.4, -0.2) is 95.9 Å². The van der Waals surface area contributed by atoms with Gasteiger partial charge in [0.2, 0.25) is 17.8 Å². The van der Waals surface area contributed by atoms with Gasteiger partial charge in [-0.3, -0.25) is 14.6 Å². The van der Waals surface area contributed by atoms with E-state index in [2.05, 4.69) is 57.2 Å². The molecule has 4 heterocycles. The van der Waals surface area contributed by atoms with Gasteiger partial charge in [0.15, 0.2) is 0 Å². The van der Waals surface area contributed by atoms with Crippen molar-refractivity contribution < 1.29 is 9.59 Å². The van der Waals surface area contributed by atoms with E-state index in [4.69, 9.17) is 0 Å². The van der Waals surface area contributed by atoms with Crippen LogP contribution < -0.4 is 10.2 Å². The standard InChI is InChI=1S/C26H38N10O2/c1-9-23(37)35-17(4)10-33(11-18(35)5)15-34-12-21(27-14-34)19(6)28-24-29-20(7)30-25(31-24)36-22(16(2)3)13-32(8)26(36)38/h9,12,14,17-19,22H,1-2,10-11,13,15H2,3-8H3,(H,28,29,30,31)/t17?,18?,19-,22+/m0/s1. The van der Waals surface area contributed by atoms with Crippen molar-refractivity contribution in [3.63, 3.8) is 0 Å². The molecule has 12 nitrogen and oxygen atoms in total. The summed E-state index contributed by atoms with van der Waals surface area (Å²) in [6.45, 7) is 20.2. The van der Waals surface area contributed by atoms with Crippen LogP contribution in [0.3, 0.4) is 0 Å². The predicted molar refractivity (Wildman–Crippen MR) is 145 cm³/mol. The second-order valence-electron chi connectivity index (χ2n) is 10.4. The summed E-state index contributed by atoms with van der Waals surface area (Å²) in [5.74, 6) is 1.17. The van der Waals surface area contributed by atoms with E-state index in [0.29, 0.717) is 30.9 Å². The van der Waals surface area contributed by atoms with Gasteiger partial charge in [-0.15, -0.1) is 0 Å². The third kappa shape index (κ3) is 5.54. The molecular formula is C26H38N10O2. The molecule has 0 bridgehead atoms. The van der Waals surface area contributed by atoms with Crippen LogP contribution >= 0.6 is 0 Å². The van der Waals surface area contributed by atoms with Crippen molar-refractivity contribution in [3.05, 3.63) is 48.8 Å². The van der Waals surface area contributed by atoms with Gasteiger partial charge in [-0.05, 0) is 40.7 Å². The Labute approximate surface area is 224 Å². The number of hydrogen-bond donors (Lipinski definition) is 1. The lowest BCUT2D eigenvalue weighted by molar-refractivity contribution is -0.134. The Morgan fingerprint density at radius 2 is 1.89 bits per heavy atom. The fourth-order valence-corrected chi connectivity index (χ4v) is 5.24. The molecule has 2 aliphatic rings. The number of likely N-dealkylation sites (N-methyl/N-ethyl adjacent to an activating group) is 1. The van der Waals surface area contributed by atoms with Crippen molar-refractivity contribution in [1.29, 1.82) is 0 Å². The quantitative estimate of drug-likeness (QED) is 0.415. The SMILES string of the molecule is C=CC(=O)N1C(C)CN(Cn2cnc([C@H](C)Nc3nc(C)nc(N4C(=O)N(C)C[C@@H]4C(=C)C)n3)c2)CC1C. The molecule has 2 fully saturated rings. The van der Waals surface area contributed by atoms with Gasteiger partial charge in [0.1, 0.15) is 5.82 Å². The Morgan fingerprint density at radius 3 is 2.53 bits per heavy atom. The van der Waals surface area contributed by atoms with E-state index in [1.165, 1.54) is 6.08 Å². The average Bonchev–Trinajstić information content (AvgIpc) is 3.42. The van der Waals surface area contributed by atoms with Crippen LogP contribution in [0.25, 0.3) is 0 Å². The Hall–Kier alpha value is -3.80. The number of rotatable bonds is 8. The second-order valence-corrected chi connectivity index (χ2v) is 10.4. The van der Waals surface area contributed by atoms with E-state index in [0.717, 1.165) is 24.4 Å². The summed E-state index contributed by atoms with van der Waals surface area (Å²) in [6.07, 6.45) is 5.19. The molecule has 2 aromatic heterocycles. The summed E-state index contributed by atoms with van der Waals surface area (Å²) in [7, 11) is 1.76. The van der Waals surface area contributed by atoms with Crippen molar-refractivity contribution in [2.45, 2.75) is 65.5 Å². The maximum absolute atomic E-state index is 12.8. The maximum atomic E-state index is 12.8. The third-order valence-corrected chi connectivity index (χ3v) is 7.04. The molecule has 2 aromatic rings.